The summed E-state index contributed by atoms with van der Waals surface area (Å²) < 4.78 is 44.1. The fourth-order valence-corrected chi connectivity index (χ4v) is 4.24. The lowest BCUT2D eigenvalue weighted by atomic mass is 10.2. The van der Waals surface area contributed by atoms with Gasteiger partial charge < -0.3 is 13.9 Å². The molecule has 0 bridgehead atoms. The number of sulfonamides is 1. The molecule has 160 valence electrons. The van der Waals surface area contributed by atoms with Crippen molar-refractivity contribution < 1.29 is 27.1 Å². The Labute approximate surface area is 179 Å². The van der Waals surface area contributed by atoms with Gasteiger partial charge in [-0.05, 0) is 51.1 Å². The number of methoxy groups -OCH3 is 1. The number of hydrogen-bond donors (Lipinski definition) is 1. The zero-order valence-electron chi connectivity index (χ0n) is 17.0. The van der Waals surface area contributed by atoms with Gasteiger partial charge in [-0.15, -0.1) is 0 Å². The summed E-state index contributed by atoms with van der Waals surface area (Å²) in [6.07, 6.45) is 0. The highest BCUT2D eigenvalue weighted by atomic mass is 32.2. The minimum absolute atomic E-state index is 0.0258. The number of carbonyl (C=O) groups is 1. The molecule has 0 amide bonds. The number of para-hydroxylation sites is 2. The molecule has 0 fully saturated rings. The zero-order valence-corrected chi connectivity index (χ0v) is 18.6. The lowest BCUT2D eigenvalue weighted by Gasteiger charge is -2.18. The van der Waals surface area contributed by atoms with Gasteiger partial charge in [0.25, 0.3) is 15.2 Å². The Balaban J connectivity index is 1.77. The third-order valence-corrected chi connectivity index (χ3v) is 5.90. The predicted molar refractivity (Wildman–Crippen MR) is 114 cm³/mol. The number of rotatable bonds is 7. The van der Waals surface area contributed by atoms with Crippen LogP contribution in [0.3, 0.4) is 0 Å². The number of carbonyl (C=O) groups excluding carboxylic acids is 1. The minimum atomic E-state index is -3.87. The van der Waals surface area contributed by atoms with E-state index in [2.05, 4.69) is 9.71 Å². The summed E-state index contributed by atoms with van der Waals surface area (Å²) in [6.45, 7) is 5.36. The number of aromatic nitrogens is 1. The van der Waals surface area contributed by atoms with Gasteiger partial charge in [-0.2, -0.15) is 0 Å². The molecule has 0 unspecified atom stereocenters. The van der Waals surface area contributed by atoms with Crippen LogP contribution >= 0.6 is 11.8 Å². The quantitative estimate of drug-likeness (QED) is 0.424. The molecule has 2 aromatic carbocycles. The van der Waals surface area contributed by atoms with Crippen LogP contribution in [0.25, 0.3) is 11.1 Å². The topological polar surface area (TPSA) is 108 Å². The number of esters is 1. The molecule has 8 nitrogen and oxygen atoms in total. The van der Waals surface area contributed by atoms with E-state index in [-0.39, 0.29) is 21.8 Å². The molecule has 3 aromatic rings. The number of hydrogen-bond acceptors (Lipinski definition) is 8. The van der Waals surface area contributed by atoms with Crippen molar-refractivity contribution in [3.63, 3.8) is 0 Å². The summed E-state index contributed by atoms with van der Waals surface area (Å²) in [7, 11) is -2.40. The Morgan fingerprint density at radius 3 is 2.63 bits per heavy atom. The van der Waals surface area contributed by atoms with Gasteiger partial charge in [0.2, 0.25) is 0 Å². The van der Waals surface area contributed by atoms with Crippen LogP contribution in [0.1, 0.15) is 20.8 Å². The van der Waals surface area contributed by atoms with E-state index in [4.69, 9.17) is 13.9 Å². The van der Waals surface area contributed by atoms with Crippen LogP contribution in [-0.4, -0.2) is 37.8 Å². The SMILES string of the molecule is COc1ccccc1NS(=O)(=O)c1ccc2oc(SCC(=O)OC(C)(C)C)nc2c1. The Bertz CT molecular complexity index is 1170. The largest absolute Gasteiger partial charge is 0.495 e. The molecule has 0 aliphatic carbocycles. The smallest absolute Gasteiger partial charge is 0.316 e. The standard InChI is InChI=1S/C20H22N2O6S2/c1-20(2,3)28-18(23)12-29-19-21-15-11-13(9-10-17(15)27-19)30(24,25)22-14-7-5-6-8-16(14)26-4/h5-11,22H,12H2,1-4H3. The van der Waals surface area contributed by atoms with Crippen molar-refractivity contribution in [2.45, 2.75) is 36.5 Å². The number of oxazole rings is 1. The highest BCUT2D eigenvalue weighted by molar-refractivity contribution is 7.99. The third kappa shape index (κ3) is 5.45. The maximum atomic E-state index is 12.8. The molecule has 0 aliphatic heterocycles. The lowest BCUT2D eigenvalue weighted by Crippen LogP contribution is -2.24. The van der Waals surface area contributed by atoms with Gasteiger partial charge in [0.05, 0.1) is 17.7 Å². The molecule has 1 aromatic heterocycles. The first-order chi connectivity index (χ1) is 14.1. The second-order valence-corrected chi connectivity index (χ2v) is 9.90. The van der Waals surface area contributed by atoms with Gasteiger partial charge in [-0.3, -0.25) is 9.52 Å². The molecule has 10 heteroatoms. The van der Waals surface area contributed by atoms with Crippen molar-refractivity contribution in [3.05, 3.63) is 42.5 Å². The average molecular weight is 451 g/mol. The van der Waals surface area contributed by atoms with E-state index in [0.29, 0.717) is 22.5 Å². The molecular weight excluding hydrogens is 428 g/mol. The second-order valence-electron chi connectivity index (χ2n) is 7.29. The van der Waals surface area contributed by atoms with Crippen LogP contribution in [0, 0.1) is 0 Å². The highest BCUT2D eigenvalue weighted by Gasteiger charge is 2.20. The number of nitrogens with zero attached hydrogens (tertiary/aromatic N) is 1. The van der Waals surface area contributed by atoms with Gasteiger partial charge in [0.15, 0.2) is 5.58 Å². The summed E-state index contributed by atoms with van der Waals surface area (Å²) in [6, 6.07) is 11.1. The average Bonchev–Trinajstić information content (AvgIpc) is 3.07. The molecule has 30 heavy (non-hydrogen) atoms. The summed E-state index contributed by atoms with van der Waals surface area (Å²) in [5, 5.41) is 0.253. The van der Waals surface area contributed by atoms with Gasteiger partial charge in [-0.25, -0.2) is 13.4 Å². The van der Waals surface area contributed by atoms with Gasteiger partial charge >= 0.3 is 5.97 Å². The zero-order chi connectivity index (χ0) is 21.9. The van der Waals surface area contributed by atoms with Crippen molar-refractivity contribution in [1.82, 2.24) is 4.98 Å². The summed E-state index contributed by atoms with van der Waals surface area (Å²) >= 11 is 1.08. The summed E-state index contributed by atoms with van der Waals surface area (Å²) in [5.41, 5.74) is 0.535. The van der Waals surface area contributed by atoms with E-state index in [1.165, 1.54) is 25.3 Å². The first-order valence-electron chi connectivity index (χ1n) is 8.98. The van der Waals surface area contributed by atoms with E-state index in [1.54, 1.807) is 45.0 Å². The Morgan fingerprint density at radius 2 is 1.93 bits per heavy atom. The third-order valence-electron chi connectivity index (χ3n) is 3.73. The first kappa shape index (κ1) is 22.0. The number of thioether (sulfide) groups is 1. The molecule has 0 aliphatic rings. The van der Waals surface area contributed by atoms with Crippen LogP contribution in [0.2, 0.25) is 0 Å². The van der Waals surface area contributed by atoms with Gasteiger partial charge in [0, 0.05) is 0 Å². The number of benzene rings is 2. The second kappa shape index (κ2) is 8.57. The van der Waals surface area contributed by atoms with Crippen molar-refractivity contribution in [1.29, 1.82) is 0 Å². The maximum absolute atomic E-state index is 12.8. The van der Waals surface area contributed by atoms with E-state index in [9.17, 15) is 13.2 Å². The molecule has 3 rings (SSSR count). The molecule has 0 spiro atoms. The Morgan fingerprint density at radius 1 is 1.20 bits per heavy atom. The maximum Gasteiger partial charge on any atom is 0.316 e. The molecular formula is C20H22N2O6S2. The monoisotopic (exact) mass is 450 g/mol. The van der Waals surface area contributed by atoms with E-state index in [1.807, 2.05) is 0 Å². The number of ether oxygens (including phenoxy) is 2. The van der Waals surface area contributed by atoms with Crippen LogP contribution in [0.4, 0.5) is 5.69 Å². The number of fused-ring (bicyclic) bond motifs is 1. The molecule has 1 N–H and O–H groups in total. The minimum Gasteiger partial charge on any atom is -0.495 e. The molecule has 0 atom stereocenters. The van der Waals surface area contributed by atoms with Crippen LogP contribution < -0.4 is 9.46 Å². The molecule has 0 radical (unpaired) electrons. The van der Waals surface area contributed by atoms with Crippen molar-refractivity contribution >= 4 is 44.5 Å². The van der Waals surface area contributed by atoms with Crippen molar-refractivity contribution in [3.8, 4) is 5.75 Å². The number of nitrogens with one attached hydrogen (secondary N) is 1. The van der Waals surface area contributed by atoms with Crippen molar-refractivity contribution in [2.75, 3.05) is 17.6 Å². The van der Waals surface area contributed by atoms with Crippen LogP contribution in [-0.2, 0) is 19.6 Å². The fraction of sp³-hybridized carbons (Fsp3) is 0.300. The normalized spacial score (nSPS) is 12.0. The summed E-state index contributed by atoms with van der Waals surface area (Å²) in [5.74, 6) is 0.0494. The molecule has 1 heterocycles. The molecule has 0 saturated heterocycles. The van der Waals surface area contributed by atoms with Crippen molar-refractivity contribution in [2.24, 2.45) is 0 Å². The summed E-state index contributed by atoms with van der Waals surface area (Å²) in [4.78, 5) is 16.1. The van der Waals surface area contributed by atoms with E-state index < -0.39 is 15.6 Å². The Kier molecular flexibility index (Phi) is 6.27. The highest BCUT2D eigenvalue weighted by Crippen LogP contribution is 2.29. The van der Waals surface area contributed by atoms with E-state index in [0.717, 1.165) is 11.8 Å². The predicted octanol–water partition coefficient (Wildman–Crippen LogP) is 4.07. The van der Waals surface area contributed by atoms with E-state index >= 15 is 0 Å². The first-order valence-corrected chi connectivity index (χ1v) is 11.5. The molecule has 0 saturated carbocycles. The number of anilines is 1. The lowest BCUT2D eigenvalue weighted by molar-refractivity contribution is -0.151. The van der Waals surface area contributed by atoms with Crippen LogP contribution in [0.15, 0.2) is 57.0 Å². The Hall–Kier alpha value is -2.72. The van der Waals surface area contributed by atoms with Gasteiger partial charge in [-0.1, -0.05) is 23.9 Å². The van der Waals surface area contributed by atoms with Crippen LogP contribution in [0.5, 0.6) is 5.75 Å². The fourth-order valence-electron chi connectivity index (χ4n) is 2.54. The van der Waals surface area contributed by atoms with Gasteiger partial charge in [0.1, 0.15) is 22.6 Å².